The van der Waals surface area contributed by atoms with Gasteiger partial charge in [0.1, 0.15) is 42.1 Å². The zero-order chi connectivity index (χ0) is 40.9. The van der Waals surface area contributed by atoms with E-state index in [-0.39, 0.29) is 26.1 Å². The predicted octanol–water partition coefficient (Wildman–Crippen LogP) is 6.56. The molecule has 4 aromatic carbocycles. The molecule has 0 unspecified atom stereocenters. The summed E-state index contributed by atoms with van der Waals surface area (Å²) in [5.41, 5.74) is 1.36. The summed E-state index contributed by atoms with van der Waals surface area (Å²) < 4.78 is 37.2. The number of methoxy groups -OCH3 is 2. The largest absolute Gasteiger partial charge is 0.497 e. The molecule has 58 heavy (non-hydrogen) atoms. The van der Waals surface area contributed by atoms with Crippen molar-refractivity contribution in [3.63, 3.8) is 0 Å². The van der Waals surface area contributed by atoms with E-state index < -0.39 is 47.3 Å². The molecule has 0 aliphatic carbocycles. The molecule has 1 aliphatic rings. The highest BCUT2D eigenvalue weighted by atomic mass is 16.6. The summed E-state index contributed by atoms with van der Waals surface area (Å²) >= 11 is 0. The Morgan fingerprint density at radius 2 is 1.41 bits per heavy atom. The van der Waals surface area contributed by atoms with E-state index in [0.29, 0.717) is 42.9 Å². The summed E-state index contributed by atoms with van der Waals surface area (Å²) in [7, 11) is 3.21. The normalized spacial score (nSPS) is 16.4. The van der Waals surface area contributed by atoms with Crippen molar-refractivity contribution in [2.45, 2.75) is 69.7 Å². The van der Waals surface area contributed by atoms with Gasteiger partial charge in [-0.1, -0.05) is 91.3 Å². The third-order valence-corrected chi connectivity index (χ3v) is 10.1. The number of carbonyl (C=O) groups is 2. The molecule has 1 aromatic heterocycles. The maximum Gasteiger partial charge on any atom is 0.407 e. The third kappa shape index (κ3) is 10.2. The van der Waals surface area contributed by atoms with Gasteiger partial charge in [0.05, 0.1) is 20.8 Å². The van der Waals surface area contributed by atoms with Gasteiger partial charge in [-0.05, 0) is 66.3 Å². The molecular formula is C45H49N3O10. The number of amides is 1. The molecule has 0 radical (unpaired) electrons. The van der Waals surface area contributed by atoms with Crippen LogP contribution in [0, 0.1) is 6.92 Å². The maximum atomic E-state index is 13.4. The second-order valence-electron chi connectivity index (χ2n) is 14.0. The van der Waals surface area contributed by atoms with Crippen molar-refractivity contribution in [1.82, 2.24) is 14.9 Å². The number of ether oxygens (including phenoxy) is 6. The van der Waals surface area contributed by atoms with E-state index in [1.165, 1.54) is 10.8 Å². The van der Waals surface area contributed by atoms with Gasteiger partial charge in [0.2, 0.25) is 0 Å². The molecule has 13 nitrogen and oxygen atoms in total. The molecule has 6 rings (SSSR count). The van der Waals surface area contributed by atoms with E-state index in [4.69, 9.17) is 28.4 Å². The first kappa shape index (κ1) is 41.5. The number of esters is 1. The van der Waals surface area contributed by atoms with E-state index in [1.807, 2.05) is 109 Å². The minimum Gasteiger partial charge on any atom is -0.497 e. The highest BCUT2D eigenvalue weighted by Gasteiger charge is 2.44. The number of alkyl carbamates (subject to hydrolysis) is 1. The number of hydrogen-bond acceptors (Lipinski definition) is 10. The molecule has 0 bridgehead atoms. The first-order chi connectivity index (χ1) is 28.2. The van der Waals surface area contributed by atoms with Crippen molar-refractivity contribution in [2.24, 2.45) is 0 Å². The van der Waals surface area contributed by atoms with Crippen LogP contribution in [0.5, 0.6) is 11.5 Å². The molecule has 5 aromatic rings. The Morgan fingerprint density at radius 3 is 2.03 bits per heavy atom. The number of unbranched alkanes of at least 4 members (excludes halogenated alkanes) is 2. The zero-order valence-corrected chi connectivity index (χ0v) is 32.9. The Hall–Kier alpha value is -6.18. The fourth-order valence-corrected chi connectivity index (χ4v) is 6.99. The topological polar surface area (TPSA) is 156 Å². The van der Waals surface area contributed by atoms with Crippen molar-refractivity contribution < 1.29 is 38.0 Å². The van der Waals surface area contributed by atoms with E-state index in [0.717, 1.165) is 22.3 Å². The Labute approximate surface area is 336 Å². The van der Waals surface area contributed by atoms with Crippen LogP contribution in [-0.4, -0.2) is 61.2 Å². The Balaban J connectivity index is 1.18. The molecule has 2 N–H and O–H groups in total. The fourth-order valence-electron chi connectivity index (χ4n) is 6.99. The lowest BCUT2D eigenvalue weighted by molar-refractivity contribution is -0.156. The van der Waals surface area contributed by atoms with E-state index in [1.54, 1.807) is 21.1 Å². The lowest BCUT2D eigenvalue weighted by atomic mass is 9.80. The minimum absolute atomic E-state index is 0.0511. The molecule has 0 saturated carbocycles. The number of carbonyl (C=O) groups excluding carboxylic acids is 2. The van der Waals surface area contributed by atoms with E-state index >= 15 is 0 Å². The lowest BCUT2D eigenvalue weighted by Crippen LogP contribution is -2.39. The van der Waals surface area contributed by atoms with Gasteiger partial charge in [-0.15, -0.1) is 0 Å². The fraction of sp³-hybridized carbons (Fsp3) is 0.333. The molecule has 1 fully saturated rings. The van der Waals surface area contributed by atoms with Gasteiger partial charge in [0, 0.05) is 31.1 Å². The van der Waals surface area contributed by atoms with Gasteiger partial charge >= 0.3 is 17.8 Å². The number of nitrogens with zero attached hydrogens (tertiary/aromatic N) is 1. The molecule has 3 atom stereocenters. The Morgan fingerprint density at radius 1 is 0.810 bits per heavy atom. The number of rotatable bonds is 18. The standard InChI is InChI=1S/C45H49N3O10/c1-31-28-48(43(51)47-42(31)50)40-27-38(58-41(49)17-11-6-12-26-46-44(52)55-29-32-13-7-4-8-14-32)39(57-40)30-56-45(33-15-9-5-10-16-33,34-18-22-36(53-2)23-19-34)35-20-24-37(54-3)25-21-35/h4-5,7-10,13-16,18-25,28,38-40H,6,11-12,17,26-27,29-30H2,1-3H3,(H,46,52)(H,47,50,51)/t38-,39+,40+/m0/s1. The average molecular weight is 792 g/mol. The molecule has 1 saturated heterocycles. The van der Waals surface area contributed by atoms with Crippen LogP contribution in [-0.2, 0) is 35.9 Å². The van der Waals surface area contributed by atoms with Crippen LogP contribution in [0.3, 0.4) is 0 Å². The Kier molecular flexibility index (Phi) is 14.1. The van der Waals surface area contributed by atoms with Crippen molar-refractivity contribution >= 4 is 12.1 Å². The summed E-state index contributed by atoms with van der Waals surface area (Å²) in [4.78, 5) is 53.0. The highest BCUT2D eigenvalue weighted by molar-refractivity contribution is 5.69. The molecule has 0 spiro atoms. The van der Waals surface area contributed by atoms with E-state index in [9.17, 15) is 19.2 Å². The van der Waals surface area contributed by atoms with Gasteiger partial charge in [-0.3, -0.25) is 19.1 Å². The number of H-pyrrole nitrogens is 1. The first-order valence-electron chi connectivity index (χ1n) is 19.3. The molecule has 13 heteroatoms. The van der Waals surface area contributed by atoms with Gasteiger partial charge in [0.25, 0.3) is 5.56 Å². The summed E-state index contributed by atoms with van der Waals surface area (Å²) in [6, 6.07) is 34.4. The van der Waals surface area contributed by atoms with Crippen LogP contribution >= 0.6 is 0 Å². The minimum atomic E-state index is -1.18. The number of benzene rings is 4. The Bertz CT molecular complexity index is 2160. The van der Waals surface area contributed by atoms with Crippen LogP contribution < -0.4 is 26.0 Å². The highest BCUT2D eigenvalue weighted by Crippen LogP contribution is 2.43. The van der Waals surface area contributed by atoms with Crippen LogP contribution in [0.1, 0.15) is 66.1 Å². The second-order valence-corrected chi connectivity index (χ2v) is 14.0. The molecule has 2 heterocycles. The van der Waals surface area contributed by atoms with E-state index in [2.05, 4.69) is 10.3 Å². The van der Waals surface area contributed by atoms with Gasteiger partial charge in [0.15, 0.2) is 0 Å². The molecule has 1 aliphatic heterocycles. The predicted molar refractivity (Wildman–Crippen MR) is 216 cm³/mol. The summed E-state index contributed by atoms with van der Waals surface area (Å²) in [6.07, 6.45) is 0.613. The quantitative estimate of drug-likeness (QED) is 0.0567. The number of nitrogens with one attached hydrogen (secondary N) is 2. The molecule has 1 amide bonds. The SMILES string of the molecule is COc1ccc(C(OC[C@H]2O[C@@H](n3cc(C)c(=O)[nH]c3=O)C[C@@H]2OC(=O)CCCCCNC(=O)OCc2ccccc2)(c2ccccc2)c2ccc(OC)cc2)cc1. The summed E-state index contributed by atoms with van der Waals surface area (Å²) in [5.74, 6) is 0.918. The lowest BCUT2D eigenvalue weighted by Gasteiger charge is -2.37. The van der Waals surface area contributed by atoms with Gasteiger partial charge in [-0.2, -0.15) is 0 Å². The van der Waals surface area contributed by atoms with Crippen molar-refractivity contribution in [3.05, 3.63) is 164 Å². The molecular weight excluding hydrogens is 743 g/mol. The van der Waals surface area contributed by atoms with Crippen LogP contribution in [0.25, 0.3) is 0 Å². The zero-order valence-electron chi connectivity index (χ0n) is 32.9. The third-order valence-electron chi connectivity index (χ3n) is 10.1. The monoisotopic (exact) mass is 791 g/mol. The number of hydrogen-bond donors (Lipinski definition) is 2. The summed E-state index contributed by atoms with van der Waals surface area (Å²) in [5, 5.41) is 2.74. The smallest absolute Gasteiger partial charge is 0.407 e. The van der Waals surface area contributed by atoms with Crippen LogP contribution in [0.4, 0.5) is 4.79 Å². The number of aromatic amines is 1. The van der Waals surface area contributed by atoms with Crippen molar-refractivity contribution in [3.8, 4) is 11.5 Å². The first-order valence-corrected chi connectivity index (χ1v) is 19.3. The van der Waals surface area contributed by atoms with Gasteiger partial charge in [-0.25, -0.2) is 9.59 Å². The van der Waals surface area contributed by atoms with Crippen LogP contribution in [0.15, 0.2) is 125 Å². The van der Waals surface area contributed by atoms with Crippen molar-refractivity contribution in [2.75, 3.05) is 27.4 Å². The maximum absolute atomic E-state index is 13.4. The number of aryl methyl sites for hydroxylation is 1. The average Bonchev–Trinajstić information content (AvgIpc) is 3.65. The van der Waals surface area contributed by atoms with Crippen LogP contribution in [0.2, 0.25) is 0 Å². The number of aromatic nitrogens is 2. The summed E-state index contributed by atoms with van der Waals surface area (Å²) in [6.45, 7) is 2.13. The molecule has 304 valence electrons. The van der Waals surface area contributed by atoms with Crippen molar-refractivity contribution in [1.29, 1.82) is 0 Å². The van der Waals surface area contributed by atoms with Gasteiger partial charge < -0.3 is 33.7 Å². The second kappa shape index (κ2) is 19.8.